The molecule has 1 aliphatic rings. The van der Waals surface area contributed by atoms with Gasteiger partial charge in [-0.05, 0) is 55.3 Å². The van der Waals surface area contributed by atoms with Gasteiger partial charge in [-0.1, -0.05) is 62.7 Å². The first kappa shape index (κ1) is 37.9. The Bertz CT molecular complexity index is 2340. The van der Waals surface area contributed by atoms with Crippen molar-refractivity contribution in [1.82, 2.24) is 34.9 Å². The Hall–Kier alpha value is -6.41. The van der Waals surface area contributed by atoms with Crippen LogP contribution in [0.1, 0.15) is 60.2 Å². The minimum Gasteiger partial charge on any atom is -0.488 e. The largest absolute Gasteiger partial charge is 0.488 e. The fourth-order valence-electron chi connectivity index (χ4n) is 6.34. The molecule has 296 valence electrons. The SMILES string of the molecule is Cc1ccc(-n2nc(C(C)(C)C)cc2NC(=O)Nc2ccc(OCc3ccnc(Nc4cnc(C(=O)NCCN5CC[C@@H](F)C5)cn4)c3)c3ccccc23)cc1.[HH].[HH].[HH].[HH]. The summed E-state index contributed by atoms with van der Waals surface area (Å²) < 4.78 is 21.4. The number of aryl methyl sites for hydroxylation is 1. The number of alkyl halides is 1. The second-order valence-electron chi connectivity index (χ2n) is 14.8. The Kier molecular flexibility index (Phi) is 11.2. The van der Waals surface area contributed by atoms with E-state index in [2.05, 4.69) is 57.0 Å². The van der Waals surface area contributed by atoms with E-state index in [0.29, 0.717) is 61.5 Å². The van der Waals surface area contributed by atoms with Crippen LogP contribution in [0.4, 0.5) is 32.3 Å². The third kappa shape index (κ3) is 9.27. The quantitative estimate of drug-likeness (QED) is 0.0961. The highest BCUT2D eigenvalue weighted by Crippen LogP contribution is 2.33. The van der Waals surface area contributed by atoms with E-state index in [1.807, 2.05) is 90.7 Å². The number of benzene rings is 3. The van der Waals surface area contributed by atoms with Gasteiger partial charge in [0.15, 0.2) is 0 Å². The van der Waals surface area contributed by atoms with Crippen molar-refractivity contribution in [3.63, 3.8) is 0 Å². The molecule has 0 bridgehead atoms. The van der Waals surface area contributed by atoms with Gasteiger partial charge in [-0.15, -0.1) is 0 Å². The normalized spacial score (nSPS) is 14.4. The molecule has 3 amide bonds. The van der Waals surface area contributed by atoms with Gasteiger partial charge in [0.1, 0.15) is 41.7 Å². The molecule has 1 saturated heterocycles. The van der Waals surface area contributed by atoms with Gasteiger partial charge >= 0.3 is 6.03 Å². The molecule has 0 spiro atoms. The molecule has 3 aromatic heterocycles. The molecule has 56 heavy (non-hydrogen) atoms. The van der Waals surface area contributed by atoms with Crippen LogP contribution in [-0.2, 0) is 12.0 Å². The maximum absolute atomic E-state index is 13.5. The van der Waals surface area contributed by atoms with Crippen LogP contribution in [0.2, 0.25) is 0 Å². The van der Waals surface area contributed by atoms with E-state index in [9.17, 15) is 14.0 Å². The van der Waals surface area contributed by atoms with E-state index in [1.54, 1.807) is 10.9 Å². The average molecular weight is 765 g/mol. The summed E-state index contributed by atoms with van der Waals surface area (Å²) in [6.45, 7) is 10.6. The first-order chi connectivity index (χ1) is 27.0. The van der Waals surface area contributed by atoms with E-state index in [4.69, 9.17) is 9.84 Å². The van der Waals surface area contributed by atoms with E-state index in [1.165, 1.54) is 12.4 Å². The number of anilines is 4. The van der Waals surface area contributed by atoms with Crippen LogP contribution < -0.4 is 26.0 Å². The summed E-state index contributed by atoms with van der Waals surface area (Å²) in [5.41, 5.74) is 4.28. The second-order valence-corrected chi connectivity index (χ2v) is 14.8. The molecule has 1 aliphatic heterocycles. The number of amides is 3. The van der Waals surface area contributed by atoms with Gasteiger partial charge in [0.25, 0.3) is 5.91 Å². The number of halogens is 1. The van der Waals surface area contributed by atoms with Crippen molar-refractivity contribution in [1.29, 1.82) is 0 Å². The van der Waals surface area contributed by atoms with Gasteiger partial charge in [0, 0.05) is 60.3 Å². The molecule has 0 unspecified atom stereocenters. The maximum Gasteiger partial charge on any atom is 0.324 e. The van der Waals surface area contributed by atoms with Crippen LogP contribution in [0.25, 0.3) is 16.5 Å². The van der Waals surface area contributed by atoms with Gasteiger partial charge in [0.05, 0.1) is 29.5 Å². The molecule has 6 aromatic rings. The predicted octanol–water partition coefficient (Wildman–Crippen LogP) is 8.54. The third-order valence-corrected chi connectivity index (χ3v) is 9.42. The summed E-state index contributed by atoms with van der Waals surface area (Å²) in [6, 6.07) is 24.6. The summed E-state index contributed by atoms with van der Waals surface area (Å²) >= 11 is 0. The van der Waals surface area contributed by atoms with Gasteiger partial charge < -0.3 is 20.7 Å². The van der Waals surface area contributed by atoms with Crippen molar-refractivity contribution in [2.75, 3.05) is 42.1 Å². The molecule has 4 N–H and O–H groups in total. The van der Waals surface area contributed by atoms with Gasteiger partial charge in [-0.3, -0.25) is 15.0 Å². The first-order valence-electron chi connectivity index (χ1n) is 18.6. The highest BCUT2D eigenvalue weighted by Gasteiger charge is 2.23. The van der Waals surface area contributed by atoms with Crippen LogP contribution in [0, 0.1) is 6.92 Å². The number of urea groups is 1. The zero-order chi connectivity index (χ0) is 39.2. The zero-order valence-electron chi connectivity index (χ0n) is 31.8. The van der Waals surface area contributed by atoms with Crippen molar-refractivity contribution in [3.05, 3.63) is 120 Å². The molecular formula is C42H53FN10O3. The molecule has 4 heterocycles. The zero-order valence-corrected chi connectivity index (χ0v) is 31.8. The second kappa shape index (κ2) is 16.5. The number of aromatic nitrogens is 5. The van der Waals surface area contributed by atoms with E-state index in [-0.39, 0.29) is 29.3 Å². The van der Waals surface area contributed by atoms with Crippen molar-refractivity contribution < 1.29 is 24.4 Å². The number of carbonyl (C=O) groups excluding carboxylic acids is 2. The van der Waals surface area contributed by atoms with E-state index >= 15 is 0 Å². The molecule has 0 radical (unpaired) electrons. The number of carbonyl (C=O) groups is 2. The first-order valence-corrected chi connectivity index (χ1v) is 18.6. The number of hydrogen-bond acceptors (Lipinski definition) is 9. The summed E-state index contributed by atoms with van der Waals surface area (Å²) in [5.74, 6) is 1.82. The maximum atomic E-state index is 13.5. The monoisotopic (exact) mass is 764 g/mol. The van der Waals surface area contributed by atoms with E-state index < -0.39 is 12.2 Å². The van der Waals surface area contributed by atoms with Crippen molar-refractivity contribution >= 4 is 45.9 Å². The fraction of sp³-hybridized carbons (Fsp3) is 0.286. The number of ether oxygens (including phenoxy) is 1. The minimum absolute atomic E-state index is 0. The number of nitrogens with zero attached hydrogens (tertiary/aromatic N) is 6. The van der Waals surface area contributed by atoms with Gasteiger partial charge in [-0.2, -0.15) is 5.10 Å². The molecule has 0 saturated carbocycles. The van der Waals surface area contributed by atoms with Gasteiger partial charge in [0.2, 0.25) is 0 Å². The summed E-state index contributed by atoms with van der Waals surface area (Å²) in [7, 11) is 0. The Morgan fingerprint density at radius 2 is 1.73 bits per heavy atom. The summed E-state index contributed by atoms with van der Waals surface area (Å²) in [5, 5.41) is 18.4. The lowest BCUT2D eigenvalue weighted by Crippen LogP contribution is -2.34. The smallest absolute Gasteiger partial charge is 0.324 e. The molecule has 0 aliphatic carbocycles. The molecule has 13 nitrogen and oxygen atoms in total. The van der Waals surface area contributed by atoms with Crippen molar-refractivity contribution in [2.45, 2.75) is 52.3 Å². The highest BCUT2D eigenvalue weighted by molar-refractivity contribution is 6.07. The molecule has 7 rings (SSSR count). The average Bonchev–Trinajstić information content (AvgIpc) is 3.81. The van der Waals surface area contributed by atoms with Crippen LogP contribution in [0.5, 0.6) is 5.75 Å². The molecule has 3 aromatic carbocycles. The molecule has 1 fully saturated rings. The Morgan fingerprint density at radius 3 is 2.46 bits per heavy atom. The van der Waals surface area contributed by atoms with Crippen LogP contribution >= 0.6 is 0 Å². The van der Waals surface area contributed by atoms with Crippen LogP contribution in [0.15, 0.2) is 97.5 Å². The fourth-order valence-corrected chi connectivity index (χ4v) is 6.34. The number of likely N-dealkylation sites (tertiary alicyclic amines) is 1. The molecule has 14 heteroatoms. The Labute approximate surface area is 330 Å². The number of pyridine rings is 1. The molecular weight excluding hydrogens is 712 g/mol. The number of nitrogens with one attached hydrogen (secondary N) is 4. The van der Waals surface area contributed by atoms with E-state index in [0.717, 1.165) is 33.3 Å². The van der Waals surface area contributed by atoms with Crippen molar-refractivity contribution in [2.24, 2.45) is 0 Å². The number of hydrogen-bond donors (Lipinski definition) is 4. The lowest BCUT2D eigenvalue weighted by atomic mass is 9.92. The topological polar surface area (TPSA) is 151 Å². The highest BCUT2D eigenvalue weighted by atomic mass is 19.1. The Morgan fingerprint density at radius 1 is 0.929 bits per heavy atom. The number of fused-ring (bicyclic) bond motifs is 1. The van der Waals surface area contributed by atoms with Crippen molar-refractivity contribution in [3.8, 4) is 11.4 Å². The van der Waals surface area contributed by atoms with Crippen LogP contribution in [0.3, 0.4) is 0 Å². The predicted molar refractivity (Wildman–Crippen MR) is 224 cm³/mol. The lowest BCUT2D eigenvalue weighted by Gasteiger charge is -2.15. The summed E-state index contributed by atoms with van der Waals surface area (Å²) in [4.78, 5) is 40.9. The van der Waals surface area contributed by atoms with Gasteiger partial charge in [-0.25, -0.2) is 28.8 Å². The number of rotatable bonds is 12. The summed E-state index contributed by atoms with van der Waals surface area (Å²) in [6.07, 6.45) is 4.28. The minimum atomic E-state index is -0.792. The Balaban J connectivity index is 0.00000240. The standard InChI is InChI=1S/C42H45FN10O3.4H2/c1-27-9-11-30(12-10-27)53-39(22-36(51-53)42(2,3)4)50-41(55)48-33-13-14-35(32-8-6-5-7-31(32)33)56-26-28-15-17-44-37(21-28)49-38-24-46-34(23-47-38)40(54)45-18-20-52-19-16-29(43)25-52;;;;/h5-15,17,21-24,29H,16,18-20,25-26H2,1-4H3,(H,45,54)(H,44,47,49)(H2,48,50,55);4*1H/t29-;;;;/m1..../s1. The lowest BCUT2D eigenvalue weighted by molar-refractivity contribution is 0.0944. The molecule has 1 atom stereocenters. The third-order valence-electron chi connectivity index (χ3n) is 9.42. The van der Waals surface area contributed by atoms with Crippen LogP contribution in [-0.4, -0.2) is 73.9 Å².